The number of rotatable bonds is 2. The van der Waals surface area contributed by atoms with Gasteiger partial charge in [0, 0.05) is 48.8 Å². The Kier molecular flexibility index (Phi) is 4.12. The van der Waals surface area contributed by atoms with Crippen molar-refractivity contribution in [2.45, 2.75) is 0 Å². The molecule has 8 heteroatoms. The van der Waals surface area contributed by atoms with Gasteiger partial charge in [0.2, 0.25) is 0 Å². The fourth-order valence-corrected chi connectivity index (χ4v) is 5.95. The van der Waals surface area contributed by atoms with Crippen molar-refractivity contribution >= 4 is 33.6 Å². The van der Waals surface area contributed by atoms with Crippen molar-refractivity contribution in [2.75, 3.05) is 19.6 Å². The van der Waals surface area contributed by atoms with Gasteiger partial charge in [-0.1, -0.05) is 17.3 Å². The number of fused-ring (bicyclic) bond motifs is 6. The number of hydrogen-bond donors (Lipinski definition) is 1. The van der Waals surface area contributed by atoms with E-state index in [1.165, 1.54) is 5.57 Å². The summed E-state index contributed by atoms with van der Waals surface area (Å²) in [4.78, 5) is 30.1. The third-order valence-electron chi connectivity index (χ3n) is 7.77. The molecule has 3 aliphatic rings. The van der Waals surface area contributed by atoms with E-state index in [0.717, 1.165) is 16.3 Å². The summed E-state index contributed by atoms with van der Waals surface area (Å²) in [5, 5.41) is 21.6. The minimum Gasteiger partial charge on any atom is -0.338 e. The van der Waals surface area contributed by atoms with Crippen LogP contribution in [0.1, 0.15) is 26.3 Å². The second-order valence-electron chi connectivity index (χ2n) is 9.61. The topological polar surface area (TPSA) is 106 Å². The highest BCUT2D eigenvalue weighted by Gasteiger charge is 2.55. The average Bonchev–Trinajstić information content (AvgIpc) is 3.61. The van der Waals surface area contributed by atoms with E-state index in [-0.39, 0.29) is 11.8 Å². The number of H-pyrrole nitrogens is 1. The van der Waals surface area contributed by atoms with Crippen LogP contribution in [0.5, 0.6) is 0 Å². The van der Waals surface area contributed by atoms with E-state index in [0.29, 0.717) is 59.6 Å². The zero-order chi connectivity index (χ0) is 23.7. The number of aromatic nitrogens is 3. The Hall–Kier alpha value is -4.51. The Morgan fingerprint density at radius 2 is 1.69 bits per heavy atom. The third kappa shape index (κ3) is 2.98. The zero-order valence-electron chi connectivity index (χ0n) is 18.7. The average molecular weight is 460 g/mol. The van der Waals surface area contributed by atoms with Gasteiger partial charge in [-0.15, -0.1) is 5.10 Å². The fourth-order valence-electron chi connectivity index (χ4n) is 5.95. The summed E-state index contributed by atoms with van der Waals surface area (Å²) < 4.78 is 0. The first kappa shape index (κ1) is 19.9. The zero-order valence-corrected chi connectivity index (χ0v) is 18.7. The van der Waals surface area contributed by atoms with Gasteiger partial charge in [0.05, 0.1) is 17.1 Å². The molecule has 1 saturated carbocycles. The van der Waals surface area contributed by atoms with E-state index in [4.69, 9.17) is 5.26 Å². The Morgan fingerprint density at radius 1 is 0.914 bits per heavy atom. The molecule has 3 heterocycles. The number of likely N-dealkylation sites (tertiary alicyclic amines) is 1. The molecule has 1 saturated heterocycles. The summed E-state index contributed by atoms with van der Waals surface area (Å²) in [6.45, 7) is 2.05. The molecule has 170 valence electrons. The van der Waals surface area contributed by atoms with E-state index in [2.05, 4.69) is 21.5 Å². The largest absolute Gasteiger partial charge is 0.338 e. The van der Waals surface area contributed by atoms with Gasteiger partial charge in [0.25, 0.3) is 11.8 Å². The third-order valence-corrected chi connectivity index (χ3v) is 7.77. The minimum atomic E-state index is -0.0291. The number of carbonyl (C=O) groups excluding carboxylic acids is 2. The SMILES string of the molecule is N#Cc1ccc2cc(C(=O)N3C[C@@H]4[C@@H]5CN(C(=O)c6ccc7[nH]nnc7c6)C=C5[C@@H]4C3)ccc2c1. The maximum absolute atomic E-state index is 13.3. The van der Waals surface area contributed by atoms with Crippen molar-refractivity contribution in [3.05, 3.63) is 83.1 Å². The van der Waals surface area contributed by atoms with Gasteiger partial charge in [-0.05, 0) is 64.7 Å². The Labute approximate surface area is 200 Å². The van der Waals surface area contributed by atoms with Gasteiger partial charge in [0.1, 0.15) is 5.52 Å². The summed E-state index contributed by atoms with van der Waals surface area (Å²) in [5.41, 5.74) is 4.64. The lowest BCUT2D eigenvalue weighted by molar-refractivity contribution is 0.0772. The summed E-state index contributed by atoms with van der Waals surface area (Å²) in [7, 11) is 0. The van der Waals surface area contributed by atoms with E-state index in [1.807, 2.05) is 52.4 Å². The van der Waals surface area contributed by atoms with Gasteiger partial charge in [-0.25, -0.2) is 0 Å². The molecule has 0 unspecified atom stereocenters. The molecule has 1 aromatic heterocycles. The molecule has 1 N–H and O–H groups in total. The van der Waals surface area contributed by atoms with Crippen molar-refractivity contribution in [2.24, 2.45) is 17.8 Å². The van der Waals surface area contributed by atoms with Gasteiger partial charge in [-0.3, -0.25) is 14.7 Å². The van der Waals surface area contributed by atoms with Crippen molar-refractivity contribution in [1.29, 1.82) is 5.26 Å². The number of nitriles is 1. The van der Waals surface area contributed by atoms with Crippen LogP contribution in [0.25, 0.3) is 21.8 Å². The standard InChI is InChI=1S/C27H20N6O2/c28-10-15-1-2-17-8-18(4-3-16(17)7-15)26(34)32-11-20-21(12-32)23-14-33(13-22(20)23)27(35)19-5-6-24-25(9-19)30-31-29-24/h1-9,13,20-21,23H,11-12,14H2,(H,29,30,31)/t20-,21+,23+/m1/s1. The molecule has 0 bridgehead atoms. The fraction of sp³-hybridized carbons (Fsp3) is 0.222. The number of nitrogens with one attached hydrogen (secondary N) is 1. The minimum absolute atomic E-state index is 0.0291. The Morgan fingerprint density at radius 3 is 2.57 bits per heavy atom. The molecular weight excluding hydrogens is 440 g/mol. The maximum Gasteiger partial charge on any atom is 0.257 e. The predicted molar refractivity (Wildman–Crippen MR) is 128 cm³/mol. The summed E-state index contributed by atoms with van der Waals surface area (Å²) in [5.74, 6) is 1.04. The quantitative estimate of drug-likeness (QED) is 0.494. The van der Waals surface area contributed by atoms with Crippen molar-refractivity contribution < 1.29 is 9.59 Å². The molecule has 8 nitrogen and oxygen atoms in total. The van der Waals surface area contributed by atoms with E-state index < -0.39 is 0 Å². The molecule has 4 aromatic rings. The number of nitrogens with zero attached hydrogens (tertiary/aromatic N) is 5. The monoisotopic (exact) mass is 460 g/mol. The first-order valence-electron chi connectivity index (χ1n) is 11.7. The highest BCUT2D eigenvalue weighted by atomic mass is 16.2. The maximum atomic E-state index is 13.3. The molecule has 1 aliphatic carbocycles. The van der Waals surface area contributed by atoms with Crippen LogP contribution in [0, 0.1) is 29.1 Å². The molecule has 0 radical (unpaired) electrons. The van der Waals surface area contributed by atoms with Crippen LogP contribution in [-0.4, -0.2) is 56.7 Å². The summed E-state index contributed by atoms with van der Waals surface area (Å²) >= 11 is 0. The smallest absolute Gasteiger partial charge is 0.257 e. The lowest BCUT2D eigenvalue weighted by atomic mass is 9.64. The molecule has 3 atom stereocenters. The lowest BCUT2D eigenvalue weighted by Gasteiger charge is -2.38. The number of hydrogen-bond acceptors (Lipinski definition) is 5. The van der Waals surface area contributed by atoms with Gasteiger partial charge >= 0.3 is 0 Å². The highest BCUT2D eigenvalue weighted by Crippen LogP contribution is 2.53. The molecular formula is C27H20N6O2. The van der Waals surface area contributed by atoms with Crippen LogP contribution in [0.3, 0.4) is 0 Å². The first-order chi connectivity index (χ1) is 17.1. The lowest BCUT2D eigenvalue weighted by Crippen LogP contribution is -2.39. The van der Waals surface area contributed by atoms with Crippen molar-refractivity contribution in [1.82, 2.24) is 25.2 Å². The van der Waals surface area contributed by atoms with Crippen LogP contribution in [0.4, 0.5) is 0 Å². The van der Waals surface area contributed by atoms with E-state index >= 15 is 0 Å². The number of amides is 2. The first-order valence-corrected chi connectivity index (χ1v) is 11.7. The van der Waals surface area contributed by atoms with Gasteiger partial charge in [-0.2, -0.15) is 5.26 Å². The summed E-state index contributed by atoms with van der Waals surface area (Å²) in [6, 6.07) is 18.7. The molecule has 2 amide bonds. The van der Waals surface area contributed by atoms with Crippen LogP contribution in [0.15, 0.2) is 66.4 Å². The Balaban J connectivity index is 1.07. The number of benzene rings is 3. The number of aromatic amines is 1. The number of carbonyl (C=O) groups is 2. The Bertz CT molecular complexity index is 1630. The molecule has 3 aromatic carbocycles. The van der Waals surface area contributed by atoms with Crippen LogP contribution in [0.2, 0.25) is 0 Å². The second-order valence-corrected chi connectivity index (χ2v) is 9.61. The van der Waals surface area contributed by atoms with E-state index in [1.54, 1.807) is 18.2 Å². The van der Waals surface area contributed by atoms with Crippen molar-refractivity contribution in [3.63, 3.8) is 0 Å². The molecule has 35 heavy (non-hydrogen) atoms. The van der Waals surface area contributed by atoms with Crippen LogP contribution < -0.4 is 0 Å². The molecule has 0 spiro atoms. The second kappa shape index (κ2) is 7.24. The normalized spacial score (nSPS) is 22.5. The van der Waals surface area contributed by atoms with E-state index in [9.17, 15) is 9.59 Å². The van der Waals surface area contributed by atoms with Gasteiger partial charge < -0.3 is 9.80 Å². The predicted octanol–water partition coefficient (Wildman–Crippen LogP) is 3.34. The molecule has 7 rings (SSSR count). The molecule has 2 fully saturated rings. The van der Waals surface area contributed by atoms with Gasteiger partial charge in [0.15, 0.2) is 0 Å². The highest BCUT2D eigenvalue weighted by molar-refractivity contribution is 5.99. The summed E-state index contributed by atoms with van der Waals surface area (Å²) in [6.07, 6.45) is 2.00. The van der Waals surface area contributed by atoms with Crippen molar-refractivity contribution in [3.8, 4) is 6.07 Å². The van der Waals surface area contributed by atoms with Crippen LogP contribution in [-0.2, 0) is 0 Å². The molecule has 2 aliphatic heterocycles. The van der Waals surface area contributed by atoms with Crippen LogP contribution >= 0.6 is 0 Å².